The van der Waals surface area contributed by atoms with E-state index in [9.17, 15) is 20.4 Å². The number of methoxy groups -OCH3 is 2. The van der Waals surface area contributed by atoms with E-state index in [0.29, 0.717) is 17.7 Å². The normalized spacial score (nSPS) is 24.7. The van der Waals surface area contributed by atoms with Crippen molar-refractivity contribution in [1.29, 1.82) is 0 Å². The zero-order valence-electron chi connectivity index (χ0n) is 15.3. The highest BCUT2D eigenvalue weighted by Gasteiger charge is 2.50. The lowest BCUT2D eigenvalue weighted by Crippen LogP contribution is -2.43. The van der Waals surface area contributed by atoms with Gasteiger partial charge in [0.25, 0.3) is 0 Å². The molecule has 1 saturated heterocycles. The quantitative estimate of drug-likeness (QED) is 0.608. The van der Waals surface area contributed by atoms with Crippen LogP contribution in [0.2, 0.25) is 0 Å². The second-order valence-corrected chi connectivity index (χ2v) is 6.70. The Bertz CT molecular complexity index is 807. The average molecular weight is 376 g/mol. The molecule has 7 heteroatoms. The third-order valence-corrected chi connectivity index (χ3v) is 5.11. The van der Waals surface area contributed by atoms with E-state index in [1.165, 1.54) is 26.4 Å². The van der Waals surface area contributed by atoms with E-state index < -0.39 is 18.3 Å². The smallest absolute Gasteiger partial charge is 0.160 e. The lowest BCUT2D eigenvalue weighted by molar-refractivity contribution is -0.0882. The Morgan fingerprint density at radius 3 is 2.30 bits per heavy atom. The summed E-state index contributed by atoms with van der Waals surface area (Å²) in [5, 5.41) is 40.7. The standard InChI is InChI=1S/C20H24O7/c1-25-17-8-12(3-5-15(17)22)7-14-10-27-19(20(14,24)11-21)13-4-6-16(23)18(9-13)26-2/h3-6,8-9,14,19,21-24H,7,10-11H2,1-2H3/t14-,19-,20-/m1/s1. The highest BCUT2D eigenvalue weighted by Crippen LogP contribution is 2.45. The van der Waals surface area contributed by atoms with Crippen LogP contribution in [0.25, 0.3) is 0 Å². The molecule has 0 saturated carbocycles. The fraction of sp³-hybridized carbons (Fsp3) is 0.400. The number of aliphatic hydroxyl groups excluding tert-OH is 1. The Hall–Kier alpha value is -2.48. The van der Waals surface area contributed by atoms with Gasteiger partial charge in [-0.15, -0.1) is 0 Å². The van der Waals surface area contributed by atoms with E-state index in [4.69, 9.17) is 14.2 Å². The summed E-state index contributed by atoms with van der Waals surface area (Å²) in [6.07, 6.45) is -0.333. The summed E-state index contributed by atoms with van der Waals surface area (Å²) in [4.78, 5) is 0. The Labute approximate surface area is 157 Å². The van der Waals surface area contributed by atoms with Crippen LogP contribution in [0.3, 0.4) is 0 Å². The summed E-state index contributed by atoms with van der Waals surface area (Å²) in [6.45, 7) is -0.241. The maximum atomic E-state index is 11.2. The van der Waals surface area contributed by atoms with Gasteiger partial charge in [0.2, 0.25) is 0 Å². The molecule has 4 N–H and O–H groups in total. The number of phenolic OH excluding ortho intramolecular Hbond substituents is 2. The summed E-state index contributed by atoms with van der Waals surface area (Å²) < 4.78 is 16.1. The van der Waals surface area contributed by atoms with Crippen molar-refractivity contribution in [2.75, 3.05) is 27.4 Å². The van der Waals surface area contributed by atoms with Crippen molar-refractivity contribution in [2.45, 2.75) is 18.1 Å². The number of aliphatic hydroxyl groups is 2. The molecule has 0 bridgehead atoms. The van der Waals surface area contributed by atoms with Crippen molar-refractivity contribution < 1.29 is 34.6 Å². The fourth-order valence-corrected chi connectivity index (χ4v) is 3.54. The topological polar surface area (TPSA) is 109 Å². The molecule has 2 aromatic carbocycles. The van der Waals surface area contributed by atoms with Gasteiger partial charge in [0, 0.05) is 5.92 Å². The number of hydrogen-bond donors (Lipinski definition) is 4. The van der Waals surface area contributed by atoms with E-state index in [2.05, 4.69) is 0 Å². The van der Waals surface area contributed by atoms with Crippen LogP contribution in [-0.2, 0) is 11.2 Å². The lowest BCUT2D eigenvalue weighted by Gasteiger charge is -2.32. The minimum atomic E-state index is -1.51. The largest absolute Gasteiger partial charge is 0.504 e. The zero-order valence-corrected chi connectivity index (χ0v) is 15.3. The third kappa shape index (κ3) is 3.53. The van der Waals surface area contributed by atoms with E-state index in [1.54, 1.807) is 24.3 Å². The molecule has 1 fully saturated rings. The molecule has 1 aliphatic heterocycles. The summed E-state index contributed by atoms with van der Waals surface area (Å²) in [5.41, 5.74) is -0.0614. The summed E-state index contributed by atoms with van der Waals surface area (Å²) in [5.74, 6) is 0.262. The van der Waals surface area contributed by atoms with Gasteiger partial charge in [-0.3, -0.25) is 0 Å². The Kier molecular flexibility index (Phi) is 5.46. The van der Waals surface area contributed by atoms with E-state index in [-0.39, 0.29) is 29.8 Å². The summed E-state index contributed by atoms with van der Waals surface area (Å²) in [7, 11) is 2.91. The molecule has 27 heavy (non-hydrogen) atoms. The van der Waals surface area contributed by atoms with Crippen molar-refractivity contribution in [1.82, 2.24) is 0 Å². The van der Waals surface area contributed by atoms with Gasteiger partial charge in [-0.25, -0.2) is 0 Å². The highest BCUT2D eigenvalue weighted by molar-refractivity contribution is 5.44. The number of rotatable bonds is 6. The van der Waals surface area contributed by atoms with Crippen molar-refractivity contribution >= 4 is 0 Å². The van der Waals surface area contributed by atoms with Gasteiger partial charge in [-0.1, -0.05) is 12.1 Å². The van der Waals surface area contributed by atoms with Gasteiger partial charge in [0.1, 0.15) is 11.7 Å². The summed E-state index contributed by atoms with van der Waals surface area (Å²) >= 11 is 0. The predicted molar refractivity (Wildman–Crippen MR) is 97.2 cm³/mol. The molecule has 1 heterocycles. The first kappa shape index (κ1) is 19.3. The Balaban J connectivity index is 1.87. The SMILES string of the molecule is COc1cc(C[C@@H]2CO[C@H](c3ccc(O)c(OC)c3)[C@@]2(O)CO)ccc1O. The monoisotopic (exact) mass is 376 g/mol. The van der Waals surface area contributed by atoms with Crippen LogP contribution in [0.15, 0.2) is 36.4 Å². The molecule has 0 aliphatic carbocycles. The number of aromatic hydroxyl groups is 2. The second-order valence-electron chi connectivity index (χ2n) is 6.70. The molecular formula is C20H24O7. The number of benzene rings is 2. The maximum Gasteiger partial charge on any atom is 0.160 e. The minimum absolute atomic E-state index is 0.0143. The van der Waals surface area contributed by atoms with Crippen molar-refractivity contribution in [3.63, 3.8) is 0 Å². The average Bonchev–Trinajstić information content (AvgIpc) is 3.00. The molecule has 0 spiro atoms. The number of phenols is 2. The molecule has 146 valence electrons. The molecule has 0 radical (unpaired) electrons. The van der Waals surface area contributed by atoms with Crippen LogP contribution in [-0.4, -0.2) is 53.5 Å². The highest BCUT2D eigenvalue weighted by atomic mass is 16.5. The molecule has 1 aliphatic rings. The minimum Gasteiger partial charge on any atom is -0.504 e. The van der Waals surface area contributed by atoms with Crippen molar-refractivity contribution in [3.05, 3.63) is 47.5 Å². The van der Waals surface area contributed by atoms with Crippen LogP contribution in [0, 0.1) is 5.92 Å². The molecular weight excluding hydrogens is 352 g/mol. The van der Waals surface area contributed by atoms with Gasteiger partial charge >= 0.3 is 0 Å². The van der Waals surface area contributed by atoms with Crippen molar-refractivity contribution in [2.24, 2.45) is 5.92 Å². The van der Waals surface area contributed by atoms with Gasteiger partial charge < -0.3 is 34.6 Å². The molecule has 2 aromatic rings. The van der Waals surface area contributed by atoms with Gasteiger partial charge in [-0.2, -0.15) is 0 Å². The van der Waals surface area contributed by atoms with Crippen LogP contribution < -0.4 is 9.47 Å². The van der Waals surface area contributed by atoms with Crippen LogP contribution in [0.4, 0.5) is 0 Å². The molecule has 0 aromatic heterocycles. The molecule has 3 atom stereocenters. The Morgan fingerprint density at radius 2 is 1.67 bits per heavy atom. The zero-order chi connectivity index (χ0) is 19.6. The van der Waals surface area contributed by atoms with Gasteiger partial charge in [0.05, 0.1) is 27.4 Å². The molecule has 0 unspecified atom stereocenters. The van der Waals surface area contributed by atoms with Gasteiger partial charge in [-0.05, 0) is 41.8 Å². The third-order valence-electron chi connectivity index (χ3n) is 5.11. The van der Waals surface area contributed by atoms with E-state index in [0.717, 1.165) is 5.56 Å². The van der Waals surface area contributed by atoms with Crippen molar-refractivity contribution in [3.8, 4) is 23.0 Å². The Morgan fingerprint density at radius 1 is 1.04 bits per heavy atom. The van der Waals surface area contributed by atoms with Crippen LogP contribution >= 0.6 is 0 Å². The van der Waals surface area contributed by atoms with Gasteiger partial charge in [0.15, 0.2) is 23.0 Å². The van der Waals surface area contributed by atoms with Crippen LogP contribution in [0.5, 0.6) is 23.0 Å². The first-order chi connectivity index (χ1) is 12.9. The fourth-order valence-electron chi connectivity index (χ4n) is 3.54. The lowest BCUT2D eigenvalue weighted by atomic mass is 9.80. The summed E-state index contributed by atoms with van der Waals surface area (Å²) in [6, 6.07) is 9.66. The van der Waals surface area contributed by atoms with E-state index >= 15 is 0 Å². The molecule has 3 rings (SSSR count). The number of ether oxygens (including phenoxy) is 3. The first-order valence-corrected chi connectivity index (χ1v) is 8.60. The predicted octanol–water partition coefficient (Wildman–Crippen LogP) is 1.77. The first-order valence-electron chi connectivity index (χ1n) is 8.60. The molecule has 0 amide bonds. The molecule has 7 nitrogen and oxygen atoms in total. The van der Waals surface area contributed by atoms with Crippen LogP contribution in [0.1, 0.15) is 17.2 Å². The second kappa shape index (κ2) is 7.64. The van der Waals surface area contributed by atoms with E-state index in [1.807, 2.05) is 0 Å². The maximum absolute atomic E-state index is 11.2. The number of hydrogen-bond acceptors (Lipinski definition) is 7.